The van der Waals surface area contributed by atoms with E-state index >= 15 is 0 Å². The van der Waals surface area contributed by atoms with Crippen molar-refractivity contribution in [2.45, 2.75) is 32.2 Å². The van der Waals surface area contributed by atoms with E-state index < -0.39 is 0 Å². The zero-order valence-electron chi connectivity index (χ0n) is 9.00. The Morgan fingerprint density at radius 1 is 1.53 bits per heavy atom. The maximum absolute atomic E-state index is 8.96. The van der Waals surface area contributed by atoms with Crippen LogP contribution in [-0.4, -0.2) is 27.2 Å². The first kappa shape index (κ1) is 12.2. The van der Waals surface area contributed by atoms with Crippen LogP contribution >= 0.6 is 11.6 Å². The monoisotopic (exact) mass is 229 g/mol. The standard InChI is InChI=1S/C10H16ClN3O/c1-3-10(2,4-5-15)14-9-7-12-6-8(11)13-9/h6-7,15H,3-5H2,1-2H3,(H,13,14). The molecule has 0 saturated heterocycles. The topological polar surface area (TPSA) is 58.0 Å². The van der Waals surface area contributed by atoms with E-state index in [2.05, 4.69) is 22.2 Å². The molecule has 0 aromatic carbocycles. The third-order valence-corrected chi connectivity index (χ3v) is 2.66. The molecule has 2 N–H and O–H groups in total. The first-order valence-electron chi connectivity index (χ1n) is 4.96. The molecule has 0 aliphatic carbocycles. The fourth-order valence-corrected chi connectivity index (χ4v) is 1.43. The summed E-state index contributed by atoms with van der Waals surface area (Å²) in [5.74, 6) is 0.639. The van der Waals surface area contributed by atoms with Crippen LogP contribution in [-0.2, 0) is 0 Å². The molecule has 0 bridgehead atoms. The Morgan fingerprint density at radius 2 is 2.27 bits per heavy atom. The van der Waals surface area contributed by atoms with Crippen LogP contribution in [0.1, 0.15) is 26.7 Å². The van der Waals surface area contributed by atoms with E-state index in [4.69, 9.17) is 16.7 Å². The van der Waals surface area contributed by atoms with Gasteiger partial charge in [-0.1, -0.05) is 18.5 Å². The van der Waals surface area contributed by atoms with Crippen molar-refractivity contribution in [1.29, 1.82) is 0 Å². The second-order valence-electron chi connectivity index (χ2n) is 3.74. The molecule has 1 atom stereocenters. The van der Waals surface area contributed by atoms with Gasteiger partial charge >= 0.3 is 0 Å². The van der Waals surface area contributed by atoms with Gasteiger partial charge in [-0.3, -0.25) is 4.98 Å². The van der Waals surface area contributed by atoms with Gasteiger partial charge in [0.25, 0.3) is 0 Å². The fraction of sp³-hybridized carbons (Fsp3) is 0.600. The summed E-state index contributed by atoms with van der Waals surface area (Å²) in [5, 5.41) is 12.6. The molecular formula is C10H16ClN3O. The van der Waals surface area contributed by atoms with E-state index in [-0.39, 0.29) is 12.1 Å². The number of anilines is 1. The van der Waals surface area contributed by atoms with Gasteiger partial charge in [-0.2, -0.15) is 0 Å². The molecule has 0 saturated carbocycles. The number of nitrogens with zero attached hydrogens (tertiary/aromatic N) is 2. The van der Waals surface area contributed by atoms with Crippen molar-refractivity contribution in [1.82, 2.24) is 9.97 Å². The largest absolute Gasteiger partial charge is 0.396 e. The highest BCUT2D eigenvalue weighted by Crippen LogP contribution is 2.20. The van der Waals surface area contributed by atoms with Crippen molar-refractivity contribution in [2.75, 3.05) is 11.9 Å². The number of hydrogen-bond acceptors (Lipinski definition) is 4. The maximum Gasteiger partial charge on any atom is 0.149 e. The summed E-state index contributed by atoms with van der Waals surface area (Å²) in [6.45, 7) is 4.23. The molecule has 5 heteroatoms. The van der Waals surface area contributed by atoms with Crippen LogP contribution in [0.4, 0.5) is 5.82 Å². The number of hydrogen-bond donors (Lipinski definition) is 2. The smallest absolute Gasteiger partial charge is 0.149 e. The van der Waals surface area contributed by atoms with Gasteiger partial charge in [0.2, 0.25) is 0 Å². The third kappa shape index (κ3) is 3.64. The van der Waals surface area contributed by atoms with Crippen LogP contribution in [0.3, 0.4) is 0 Å². The highest BCUT2D eigenvalue weighted by molar-refractivity contribution is 6.29. The van der Waals surface area contributed by atoms with Crippen LogP contribution in [0.15, 0.2) is 12.4 Å². The molecule has 0 spiro atoms. The van der Waals surface area contributed by atoms with Gasteiger partial charge in [-0.25, -0.2) is 4.98 Å². The lowest BCUT2D eigenvalue weighted by atomic mass is 9.95. The molecule has 0 fully saturated rings. The Bertz CT molecular complexity index is 321. The zero-order valence-corrected chi connectivity index (χ0v) is 9.75. The predicted octanol–water partition coefficient (Wildman–Crippen LogP) is 2.09. The summed E-state index contributed by atoms with van der Waals surface area (Å²) in [6, 6.07) is 0. The van der Waals surface area contributed by atoms with Gasteiger partial charge in [0, 0.05) is 12.1 Å². The number of aromatic nitrogens is 2. The van der Waals surface area contributed by atoms with Crippen molar-refractivity contribution in [3.63, 3.8) is 0 Å². The summed E-state index contributed by atoms with van der Waals surface area (Å²) in [5.41, 5.74) is -0.173. The third-order valence-electron chi connectivity index (χ3n) is 2.48. The van der Waals surface area contributed by atoms with E-state index in [1.54, 1.807) is 6.20 Å². The van der Waals surface area contributed by atoms with E-state index in [9.17, 15) is 0 Å². The van der Waals surface area contributed by atoms with Gasteiger partial charge in [-0.15, -0.1) is 0 Å². The fourth-order valence-electron chi connectivity index (χ4n) is 1.29. The van der Waals surface area contributed by atoms with E-state index in [1.165, 1.54) is 6.20 Å². The Balaban J connectivity index is 2.74. The average Bonchev–Trinajstić information content (AvgIpc) is 2.18. The lowest BCUT2D eigenvalue weighted by Crippen LogP contribution is -2.35. The molecule has 0 aliphatic heterocycles. The Kier molecular flexibility index (Phi) is 4.29. The van der Waals surface area contributed by atoms with Crippen molar-refractivity contribution in [2.24, 2.45) is 0 Å². The Hall–Kier alpha value is -0.870. The van der Waals surface area contributed by atoms with Crippen molar-refractivity contribution < 1.29 is 5.11 Å². The molecule has 1 unspecified atom stereocenters. The second kappa shape index (κ2) is 5.28. The molecule has 1 aromatic heterocycles. The van der Waals surface area contributed by atoms with Gasteiger partial charge < -0.3 is 10.4 Å². The second-order valence-corrected chi connectivity index (χ2v) is 4.13. The van der Waals surface area contributed by atoms with Crippen molar-refractivity contribution in [3.05, 3.63) is 17.5 Å². The van der Waals surface area contributed by atoms with Crippen LogP contribution in [0, 0.1) is 0 Å². The molecule has 15 heavy (non-hydrogen) atoms. The quantitative estimate of drug-likeness (QED) is 0.812. The van der Waals surface area contributed by atoms with Crippen LogP contribution in [0.5, 0.6) is 0 Å². The summed E-state index contributed by atoms with van der Waals surface area (Å²) < 4.78 is 0. The van der Waals surface area contributed by atoms with Crippen LogP contribution in [0.2, 0.25) is 5.15 Å². The first-order chi connectivity index (χ1) is 7.09. The van der Waals surface area contributed by atoms with Crippen LogP contribution in [0.25, 0.3) is 0 Å². The van der Waals surface area contributed by atoms with Gasteiger partial charge in [0.05, 0.1) is 12.4 Å². The highest BCUT2D eigenvalue weighted by Gasteiger charge is 2.21. The number of rotatable bonds is 5. The van der Waals surface area contributed by atoms with E-state index in [0.29, 0.717) is 17.4 Å². The van der Waals surface area contributed by atoms with Gasteiger partial charge in [-0.05, 0) is 19.8 Å². The summed E-state index contributed by atoms with van der Waals surface area (Å²) >= 11 is 5.73. The first-order valence-corrected chi connectivity index (χ1v) is 5.34. The molecule has 1 aromatic rings. The molecule has 0 amide bonds. The Labute approximate surface area is 94.7 Å². The minimum absolute atomic E-state index is 0.144. The predicted molar refractivity (Wildman–Crippen MR) is 61.1 cm³/mol. The van der Waals surface area contributed by atoms with Crippen molar-refractivity contribution in [3.8, 4) is 0 Å². The van der Waals surface area contributed by atoms with E-state index in [0.717, 1.165) is 6.42 Å². The molecule has 4 nitrogen and oxygen atoms in total. The van der Waals surface area contributed by atoms with Gasteiger partial charge in [0.15, 0.2) is 0 Å². The number of halogens is 1. The minimum atomic E-state index is -0.173. The van der Waals surface area contributed by atoms with E-state index in [1.807, 2.05) is 6.92 Å². The highest BCUT2D eigenvalue weighted by atomic mass is 35.5. The van der Waals surface area contributed by atoms with Crippen LogP contribution < -0.4 is 5.32 Å². The summed E-state index contributed by atoms with van der Waals surface area (Å²) in [4.78, 5) is 8.04. The number of aliphatic hydroxyl groups excluding tert-OH is 1. The molecule has 1 rings (SSSR count). The minimum Gasteiger partial charge on any atom is -0.396 e. The van der Waals surface area contributed by atoms with Gasteiger partial charge in [0.1, 0.15) is 11.0 Å². The number of nitrogens with one attached hydrogen (secondary N) is 1. The lowest BCUT2D eigenvalue weighted by molar-refractivity contribution is 0.252. The number of aliphatic hydroxyl groups is 1. The summed E-state index contributed by atoms with van der Waals surface area (Å²) in [7, 11) is 0. The zero-order chi connectivity index (χ0) is 11.3. The normalized spacial score (nSPS) is 14.7. The average molecular weight is 230 g/mol. The molecule has 1 heterocycles. The Morgan fingerprint density at radius 3 is 2.80 bits per heavy atom. The maximum atomic E-state index is 8.96. The molecule has 0 radical (unpaired) electrons. The SMILES string of the molecule is CCC(C)(CCO)Nc1cncc(Cl)n1. The molecule has 84 valence electrons. The molecular weight excluding hydrogens is 214 g/mol. The lowest BCUT2D eigenvalue weighted by Gasteiger charge is -2.29. The summed E-state index contributed by atoms with van der Waals surface area (Å²) in [6.07, 6.45) is 4.67. The molecule has 0 aliphatic rings. The van der Waals surface area contributed by atoms with Crippen molar-refractivity contribution >= 4 is 17.4 Å².